The number of carbonyl (C=O) groups excluding carboxylic acids is 1. The van der Waals surface area contributed by atoms with Crippen LogP contribution < -0.4 is 4.74 Å². The minimum absolute atomic E-state index is 0.282. The van der Waals surface area contributed by atoms with Crippen LogP contribution in [0.3, 0.4) is 0 Å². The Balaban J connectivity index is 1.44. The number of ether oxygens (including phenoxy) is 2. The van der Waals surface area contributed by atoms with Crippen LogP contribution in [0.5, 0.6) is 5.88 Å². The summed E-state index contributed by atoms with van der Waals surface area (Å²) in [5, 5.41) is 11.2. The van der Waals surface area contributed by atoms with E-state index in [0.717, 1.165) is 6.42 Å². The largest absolute Gasteiger partial charge is 0.479 e. The fourth-order valence-electron chi connectivity index (χ4n) is 4.09. The third-order valence-corrected chi connectivity index (χ3v) is 5.84. The Morgan fingerprint density at radius 1 is 1.06 bits per heavy atom. The van der Waals surface area contributed by atoms with Gasteiger partial charge in [0, 0.05) is 12.7 Å². The SMILES string of the molecule is CCOC(=O)c1cnn(-c2nc(OC)c3c(cnn3CCc3ccc4ccccc4c3C)n2)c1. The van der Waals surface area contributed by atoms with Crippen molar-refractivity contribution in [2.45, 2.75) is 26.8 Å². The Kier molecular flexibility index (Phi) is 5.67. The molecule has 0 atom stereocenters. The standard InChI is InChI=1S/C25H24N6O3/c1-4-34-24(32)19-13-26-31(15-19)25-28-21-14-27-30(22(21)23(29-25)33-3)12-11-17-9-10-18-7-5-6-8-20(18)16(17)2/h5-10,13-15H,4,11-12H2,1-3H3. The molecule has 0 bridgehead atoms. The minimum Gasteiger partial charge on any atom is -0.479 e. The quantitative estimate of drug-likeness (QED) is 0.343. The van der Waals surface area contributed by atoms with Gasteiger partial charge in [-0.3, -0.25) is 4.68 Å². The lowest BCUT2D eigenvalue weighted by Crippen LogP contribution is -2.08. The average Bonchev–Trinajstić information content (AvgIpc) is 3.51. The zero-order valence-corrected chi connectivity index (χ0v) is 19.2. The Bertz CT molecular complexity index is 1500. The van der Waals surface area contributed by atoms with Gasteiger partial charge < -0.3 is 9.47 Å². The van der Waals surface area contributed by atoms with Crippen LogP contribution in [0.4, 0.5) is 0 Å². The fraction of sp³-hybridized carbons (Fsp3) is 0.240. The number of esters is 1. The van der Waals surface area contributed by atoms with Crippen molar-refractivity contribution in [3.8, 4) is 11.8 Å². The maximum Gasteiger partial charge on any atom is 0.341 e. The van der Waals surface area contributed by atoms with Crippen LogP contribution in [0.25, 0.3) is 27.8 Å². The Labute approximate surface area is 196 Å². The molecule has 0 aliphatic rings. The Morgan fingerprint density at radius 2 is 1.91 bits per heavy atom. The van der Waals surface area contributed by atoms with Crippen molar-refractivity contribution in [1.29, 1.82) is 0 Å². The lowest BCUT2D eigenvalue weighted by atomic mass is 9.98. The van der Waals surface area contributed by atoms with Crippen molar-refractivity contribution in [2.75, 3.05) is 13.7 Å². The molecule has 172 valence electrons. The van der Waals surface area contributed by atoms with E-state index in [1.54, 1.807) is 20.2 Å². The second-order valence-electron chi connectivity index (χ2n) is 7.85. The molecule has 5 rings (SSSR count). The van der Waals surface area contributed by atoms with Gasteiger partial charge in [0.05, 0.1) is 31.7 Å². The molecule has 0 spiro atoms. The molecule has 0 unspecified atom stereocenters. The van der Waals surface area contributed by atoms with Crippen molar-refractivity contribution in [1.82, 2.24) is 29.5 Å². The highest BCUT2D eigenvalue weighted by molar-refractivity contribution is 5.89. The van der Waals surface area contributed by atoms with Crippen LogP contribution in [0.2, 0.25) is 0 Å². The van der Waals surface area contributed by atoms with E-state index in [-0.39, 0.29) is 12.6 Å². The van der Waals surface area contributed by atoms with Crippen molar-refractivity contribution < 1.29 is 14.3 Å². The first kappa shape index (κ1) is 21.6. The molecule has 0 aliphatic heterocycles. The van der Waals surface area contributed by atoms with Crippen LogP contribution in [0.1, 0.15) is 28.4 Å². The number of fused-ring (bicyclic) bond motifs is 2. The van der Waals surface area contributed by atoms with Gasteiger partial charge >= 0.3 is 5.97 Å². The molecule has 0 saturated heterocycles. The van der Waals surface area contributed by atoms with Gasteiger partial charge in [0.25, 0.3) is 5.95 Å². The summed E-state index contributed by atoms with van der Waals surface area (Å²) in [6.07, 6.45) is 5.45. The van der Waals surface area contributed by atoms with E-state index in [4.69, 9.17) is 9.47 Å². The van der Waals surface area contributed by atoms with Gasteiger partial charge in [0.15, 0.2) is 0 Å². The normalized spacial score (nSPS) is 11.3. The van der Waals surface area contributed by atoms with Crippen LogP contribution in [-0.4, -0.2) is 49.2 Å². The molecule has 9 nitrogen and oxygen atoms in total. The number of hydrogen-bond acceptors (Lipinski definition) is 7. The van der Waals surface area contributed by atoms with Crippen molar-refractivity contribution >= 4 is 27.8 Å². The first-order valence-electron chi connectivity index (χ1n) is 11.1. The number of methoxy groups -OCH3 is 1. The highest BCUT2D eigenvalue weighted by atomic mass is 16.5. The van der Waals surface area contributed by atoms with E-state index in [1.807, 2.05) is 4.68 Å². The van der Waals surface area contributed by atoms with Crippen LogP contribution >= 0.6 is 0 Å². The van der Waals surface area contributed by atoms with Gasteiger partial charge in [-0.1, -0.05) is 36.4 Å². The van der Waals surface area contributed by atoms with E-state index in [0.29, 0.717) is 29.0 Å². The third kappa shape index (κ3) is 3.85. The van der Waals surface area contributed by atoms with E-state index >= 15 is 0 Å². The maximum atomic E-state index is 12.0. The number of benzene rings is 2. The van der Waals surface area contributed by atoms with Crippen LogP contribution in [-0.2, 0) is 17.7 Å². The lowest BCUT2D eigenvalue weighted by Gasteiger charge is -2.11. The molecule has 0 aliphatic carbocycles. The van der Waals surface area contributed by atoms with Crippen LogP contribution in [0, 0.1) is 6.92 Å². The van der Waals surface area contributed by atoms with Crippen molar-refractivity contribution in [2.24, 2.45) is 0 Å². The molecule has 3 heterocycles. The van der Waals surface area contributed by atoms with E-state index < -0.39 is 5.97 Å². The van der Waals surface area contributed by atoms with Gasteiger partial charge in [0.2, 0.25) is 5.88 Å². The van der Waals surface area contributed by atoms with Gasteiger partial charge in [0.1, 0.15) is 11.0 Å². The Morgan fingerprint density at radius 3 is 2.74 bits per heavy atom. The molecule has 0 fully saturated rings. The monoisotopic (exact) mass is 456 g/mol. The molecule has 0 saturated carbocycles. The molecule has 2 aromatic carbocycles. The highest BCUT2D eigenvalue weighted by Crippen LogP contribution is 2.25. The fourth-order valence-corrected chi connectivity index (χ4v) is 4.09. The number of nitrogens with zero attached hydrogens (tertiary/aromatic N) is 6. The molecule has 9 heteroatoms. The van der Waals surface area contributed by atoms with Crippen LogP contribution in [0.15, 0.2) is 55.0 Å². The second kappa shape index (κ2) is 8.93. The zero-order chi connectivity index (χ0) is 23.7. The molecule has 0 amide bonds. The summed E-state index contributed by atoms with van der Waals surface area (Å²) in [4.78, 5) is 21.0. The molecule has 0 radical (unpaired) electrons. The Hall–Kier alpha value is -4.27. The van der Waals surface area contributed by atoms with E-state index in [2.05, 4.69) is 63.5 Å². The smallest absolute Gasteiger partial charge is 0.341 e. The number of carbonyl (C=O) groups is 1. The van der Waals surface area contributed by atoms with E-state index in [1.165, 1.54) is 39.0 Å². The molecular formula is C25H24N6O3. The van der Waals surface area contributed by atoms with Gasteiger partial charge in [-0.15, -0.1) is 0 Å². The minimum atomic E-state index is -0.446. The number of aromatic nitrogens is 6. The van der Waals surface area contributed by atoms with Gasteiger partial charge in [-0.2, -0.15) is 15.2 Å². The van der Waals surface area contributed by atoms with Gasteiger partial charge in [-0.05, 0) is 42.2 Å². The zero-order valence-electron chi connectivity index (χ0n) is 19.2. The predicted octanol–water partition coefficient (Wildman–Crippen LogP) is 3.90. The molecule has 3 aromatic heterocycles. The van der Waals surface area contributed by atoms with Gasteiger partial charge in [-0.25, -0.2) is 14.5 Å². The van der Waals surface area contributed by atoms with Crippen molar-refractivity contribution in [3.05, 3.63) is 71.7 Å². The summed E-state index contributed by atoms with van der Waals surface area (Å²) < 4.78 is 13.9. The van der Waals surface area contributed by atoms with Crippen molar-refractivity contribution in [3.63, 3.8) is 0 Å². The first-order valence-corrected chi connectivity index (χ1v) is 11.1. The molecular weight excluding hydrogens is 432 g/mol. The summed E-state index contributed by atoms with van der Waals surface area (Å²) in [6, 6.07) is 12.7. The summed E-state index contributed by atoms with van der Waals surface area (Å²) in [5.74, 6) is 0.226. The summed E-state index contributed by atoms with van der Waals surface area (Å²) >= 11 is 0. The predicted molar refractivity (Wildman–Crippen MR) is 127 cm³/mol. The number of rotatable bonds is 7. The maximum absolute atomic E-state index is 12.0. The highest BCUT2D eigenvalue weighted by Gasteiger charge is 2.17. The lowest BCUT2D eigenvalue weighted by molar-refractivity contribution is 0.0526. The summed E-state index contributed by atoms with van der Waals surface area (Å²) in [6.45, 7) is 4.85. The molecule has 0 N–H and O–H groups in total. The topological polar surface area (TPSA) is 97.0 Å². The second-order valence-corrected chi connectivity index (χ2v) is 7.85. The molecule has 5 aromatic rings. The van der Waals surface area contributed by atoms with E-state index in [9.17, 15) is 4.79 Å². The number of aryl methyl sites for hydroxylation is 3. The first-order chi connectivity index (χ1) is 16.6. The number of hydrogen-bond donors (Lipinski definition) is 0. The molecule has 34 heavy (non-hydrogen) atoms. The summed E-state index contributed by atoms with van der Waals surface area (Å²) in [5.41, 5.74) is 4.21. The summed E-state index contributed by atoms with van der Waals surface area (Å²) in [7, 11) is 1.56. The third-order valence-electron chi connectivity index (χ3n) is 5.84. The average molecular weight is 457 g/mol.